The number of aromatic nitrogens is 3. The fourth-order valence-electron chi connectivity index (χ4n) is 2.40. The molecule has 1 unspecified atom stereocenters. The van der Waals surface area contributed by atoms with Gasteiger partial charge < -0.3 is 9.84 Å². The largest absolute Gasteiger partial charge is 0.382 e. The van der Waals surface area contributed by atoms with Gasteiger partial charge >= 0.3 is 0 Å². The minimum Gasteiger partial charge on any atom is -0.382 e. The lowest BCUT2D eigenvalue weighted by Gasteiger charge is -2.13. The lowest BCUT2D eigenvalue weighted by Crippen LogP contribution is -2.10. The number of nitrogens with zero attached hydrogens (tertiary/aromatic N) is 3. The molecule has 3 rings (SSSR count). The molecule has 0 spiro atoms. The molecule has 1 aliphatic rings. The number of rotatable bonds is 4. The van der Waals surface area contributed by atoms with Crippen molar-refractivity contribution in [2.75, 3.05) is 0 Å². The van der Waals surface area contributed by atoms with E-state index in [2.05, 4.69) is 17.2 Å². The lowest BCUT2D eigenvalue weighted by molar-refractivity contribution is 0.134. The first-order chi connectivity index (χ1) is 9.29. The third-order valence-electron chi connectivity index (χ3n) is 3.42. The summed E-state index contributed by atoms with van der Waals surface area (Å²) in [7, 11) is 0. The smallest absolute Gasteiger partial charge is 0.122 e. The second-order valence-corrected chi connectivity index (χ2v) is 4.81. The number of aliphatic hydroxyl groups is 1. The van der Waals surface area contributed by atoms with Crippen LogP contribution < -0.4 is 0 Å². The van der Waals surface area contributed by atoms with Crippen LogP contribution in [0.1, 0.15) is 41.8 Å². The van der Waals surface area contributed by atoms with Gasteiger partial charge in [0, 0.05) is 6.54 Å². The van der Waals surface area contributed by atoms with Crippen molar-refractivity contribution in [2.45, 2.75) is 39.2 Å². The van der Waals surface area contributed by atoms with Gasteiger partial charge in [-0.25, -0.2) is 4.68 Å². The molecule has 1 aromatic heterocycles. The predicted molar refractivity (Wildman–Crippen MR) is 69.3 cm³/mol. The SMILES string of the molecule is CCCn1nncc1C(O)c1ccc2c(c1)COC2. The van der Waals surface area contributed by atoms with Crippen LogP contribution in [0.15, 0.2) is 24.4 Å². The summed E-state index contributed by atoms with van der Waals surface area (Å²) in [6.45, 7) is 4.13. The van der Waals surface area contributed by atoms with Crippen LogP contribution in [-0.2, 0) is 24.5 Å². The summed E-state index contributed by atoms with van der Waals surface area (Å²) >= 11 is 0. The predicted octanol–water partition coefficient (Wildman–Crippen LogP) is 1.80. The number of ether oxygens (including phenoxy) is 1. The number of benzene rings is 1. The molecule has 1 atom stereocenters. The first-order valence-corrected chi connectivity index (χ1v) is 6.55. The molecule has 2 heterocycles. The van der Waals surface area contributed by atoms with Gasteiger partial charge in [0.05, 0.1) is 25.1 Å². The summed E-state index contributed by atoms with van der Waals surface area (Å²) in [6, 6.07) is 5.98. The van der Waals surface area contributed by atoms with Crippen LogP contribution in [0, 0.1) is 0 Å². The van der Waals surface area contributed by atoms with Gasteiger partial charge in [-0.05, 0) is 23.1 Å². The molecule has 0 amide bonds. The zero-order valence-electron chi connectivity index (χ0n) is 10.9. The molecule has 0 radical (unpaired) electrons. The van der Waals surface area contributed by atoms with Crippen molar-refractivity contribution in [2.24, 2.45) is 0 Å². The highest BCUT2D eigenvalue weighted by Gasteiger charge is 2.19. The van der Waals surface area contributed by atoms with Gasteiger partial charge in [0.15, 0.2) is 0 Å². The number of hydrogen-bond donors (Lipinski definition) is 1. The Balaban J connectivity index is 1.90. The van der Waals surface area contributed by atoms with Crippen molar-refractivity contribution in [3.05, 3.63) is 46.8 Å². The van der Waals surface area contributed by atoms with E-state index in [0.717, 1.165) is 29.8 Å². The molecule has 0 aliphatic carbocycles. The maximum atomic E-state index is 10.5. The highest BCUT2D eigenvalue weighted by Crippen LogP contribution is 2.27. The van der Waals surface area contributed by atoms with Crippen molar-refractivity contribution >= 4 is 0 Å². The molecule has 0 saturated heterocycles. The van der Waals surface area contributed by atoms with Gasteiger partial charge in [-0.3, -0.25) is 0 Å². The van der Waals surface area contributed by atoms with E-state index in [9.17, 15) is 5.11 Å². The Bertz CT molecular complexity index is 580. The fourth-order valence-corrected chi connectivity index (χ4v) is 2.40. The summed E-state index contributed by atoms with van der Waals surface area (Å²) in [5.74, 6) is 0. The molecule has 1 aromatic carbocycles. The third kappa shape index (κ3) is 2.27. The molecule has 5 heteroatoms. The van der Waals surface area contributed by atoms with Gasteiger partial charge in [0.2, 0.25) is 0 Å². The first-order valence-electron chi connectivity index (χ1n) is 6.55. The van der Waals surface area contributed by atoms with Crippen molar-refractivity contribution < 1.29 is 9.84 Å². The topological polar surface area (TPSA) is 60.2 Å². The first kappa shape index (κ1) is 12.3. The van der Waals surface area contributed by atoms with E-state index in [0.29, 0.717) is 13.2 Å². The van der Waals surface area contributed by atoms with E-state index in [1.54, 1.807) is 10.9 Å². The Morgan fingerprint density at radius 1 is 1.37 bits per heavy atom. The molecular formula is C14H17N3O2. The zero-order chi connectivity index (χ0) is 13.2. The van der Waals surface area contributed by atoms with Crippen LogP contribution in [0.25, 0.3) is 0 Å². The van der Waals surface area contributed by atoms with Crippen LogP contribution in [-0.4, -0.2) is 20.1 Å². The zero-order valence-corrected chi connectivity index (χ0v) is 10.9. The highest BCUT2D eigenvalue weighted by molar-refractivity contribution is 5.36. The van der Waals surface area contributed by atoms with E-state index < -0.39 is 6.10 Å². The van der Waals surface area contributed by atoms with E-state index >= 15 is 0 Å². The Morgan fingerprint density at radius 3 is 3.05 bits per heavy atom. The Hall–Kier alpha value is -1.72. The van der Waals surface area contributed by atoms with Crippen molar-refractivity contribution in [1.29, 1.82) is 0 Å². The van der Waals surface area contributed by atoms with Crippen molar-refractivity contribution in [1.82, 2.24) is 15.0 Å². The van der Waals surface area contributed by atoms with E-state index in [1.165, 1.54) is 5.56 Å². The summed E-state index contributed by atoms with van der Waals surface area (Å²) in [5, 5.41) is 18.4. The summed E-state index contributed by atoms with van der Waals surface area (Å²) in [5.41, 5.74) is 3.96. The second-order valence-electron chi connectivity index (χ2n) is 4.81. The van der Waals surface area contributed by atoms with Crippen LogP contribution >= 0.6 is 0 Å². The third-order valence-corrected chi connectivity index (χ3v) is 3.42. The van der Waals surface area contributed by atoms with Crippen LogP contribution in [0.3, 0.4) is 0 Å². The fraction of sp³-hybridized carbons (Fsp3) is 0.429. The Kier molecular flexibility index (Phi) is 3.31. The van der Waals surface area contributed by atoms with Crippen molar-refractivity contribution in [3.8, 4) is 0 Å². The van der Waals surface area contributed by atoms with Crippen LogP contribution in [0.5, 0.6) is 0 Å². The lowest BCUT2D eigenvalue weighted by atomic mass is 10.0. The average molecular weight is 259 g/mol. The normalized spacial score (nSPS) is 15.5. The average Bonchev–Trinajstić information content (AvgIpc) is 3.05. The van der Waals surface area contributed by atoms with Crippen molar-refractivity contribution in [3.63, 3.8) is 0 Å². The van der Waals surface area contributed by atoms with Gasteiger partial charge in [-0.2, -0.15) is 0 Å². The van der Waals surface area contributed by atoms with Gasteiger partial charge in [-0.1, -0.05) is 30.3 Å². The van der Waals surface area contributed by atoms with Gasteiger partial charge in [0.1, 0.15) is 6.10 Å². The molecule has 2 aromatic rings. The molecule has 19 heavy (non-hydrogen) atoms. The second kappa shape index (κ2) is 5.11. The molecule has 0 bridgehead atoms. The van der Waals surface area contributed by atoms with E-state index in [1.807, 2.05) is 18.2 Å². The number of aryl methyl sites for hydroxylation is 1. The van der Waals surface area contributed by atoms with Crippen LogP contribution in [0.4, 0.5) is 0 Å². The molecule has 0 saturated carbocycles. The molecule has 5 nitrogen and oxygen atoms in total. The molecular weight excluding hydrogens is 242 g/mol. The Labute approximate surface area is 111 Å². The minimum absolute atomic E-state index is 0.627. The van der Waals surface area contributed by atoms with E-state index in [4.69, 9.17) is 4.74 Å². The number of fused-ring (bicyclic) bond motifs is 1. The Morgan fingerprint density at radius 2 is 2.21 bits per heavy atom. The minimum atomic E-state index is -0.688. The number of hydrogen-bond acceptors (Lipinski definition) is 4. The highest BCUT2D eigenvalue weighted by atomic mass is 16.5. The summed E-state index contributed by atoms with van der Waals surface area (Å²) in [6.07, 6.45) is 1.90. The quantitative estimate of drug-likeness (QED) is 0.909. The maximum absolute atomic E-state index is 10.5. The molecule has 0 fully saturated rings. The summed E-state index contributed by atoms with van der Waals surface area (Å²) < 4.78 is 7.15. The molecule has 100 valence electrons. The standard InChI is InChI=1S/C14H17N3O2/c1-2-5-17-13(7-15-16-17)14(18)10-3-4-11-8-19-9-12(11)6-10/h3-4,6-7,14,18H,2,5,8-9H2,1H3. The maximum Gasteiger partial charge on any atom is 0.122 e. The van der Waals surface area contributed by atoms with Gasteiger partial charge in [0.25, 0.3) is 0 Å². The summed E-state index contributed by atoms with van der Waals surface area (Å²) in [4.78, 5) is 0. The van der Waals surface area contributed by atoms with Gasteiger partial charge in [-0.15, -0.1) is 5.10 Å². The van der Waals surface area contributed by atoms with Crippen LogP contribution in [0.2, 0.25) is 0 Å². The number of aliphatic hydroxyl groups excluding tert-OH is 1. The molecule has 1 aliphatic heterocycles. The molecule has 1 N–H and O–H groups in total. The van der Waals surface area contributed by atoms with E-state index in [-0.39, 0.29) is 0 Å². The monoisotopic (exact) mass is 259 g/mol.